The molecule has 1 amide bonds. The first-order valence-corrected chi connectivity index (χ1v) is 10.7. The van der Waals surface area contributed by atoms with Gasteiger partial charge in [-0.25, -0.2) is 0 Å². The Morgan fingerprint density at radius 1 is 1.28 bits per heavy atom. The largest absolute Gasteiger partial charge is 0.369 e. The van der Waals surface area contributed by atoms with E-state index >= 15 is 0 Å². The summed E-state index contributed by atoms with van der Waals surface area (Å²) in [6.45, 7) is 7.06. The number of hydrogen-bond donors (Lipinski definition) is 2. The second-order valence-electron chi connectivity index (χ2n) is 8.81. The van der Waals surface area contributed by atoms with Crippen LogP contribution >= 0.6 is 0 Å². The summed E-state index contributed by atoms with van der Waals surface area (Å²) in [6, 6.07) is 6.45. The Morgan fingerprint density at radius 3 is 2.83 bits per heavy atom. The number of aromatic nitrogens is 1. The Bertz CT molecular complexity index is 894. The molecule has 1 aromatic carbocycles. The molecule has 2 N–H and O–H groups in total. The van der Waals surface area contributed by atoms with Crippen LogP contribution in [0.4, 0.5) is 10.1 Å². The second-order valence-corrected chi connectivity index (χ2v) is 8.81. The van der Waals surface area contributed by atoms with Crippen molar-refractivity contribution in [1.29, 1.82) is 0 Å². The lowest BCUT2D eigenvalue weighted by molar-refractivity contribution is -0.124. The van der Waals surface area contributed by atoms with E-state index < -0.39 is 12.1 Å². The lowest BCUT2D eigenvalue weighted by Gasteiger charge is -2.34. The van der Waals surface area contributed by atoms with E-state index in [0.717, 1.165) is 51.0 Å². The van der Waals surface area contributed by atoms with Crippen molar-refractivity contribution in [3.8, 4) is 0 Å². The second kappa shape index (κ2) is 8.27. The summed E-state index contributed by atoms with van der Waals surface area (Å²) in [4.78, 5) is 19.6. The number of nitrogens with zero attached hydrogens (tertiary/aromatic N) is 2. The van der Waals surface area contributed by atoms with Gasteiger partial charge in [-0.3, -0.25) is 14.2 Å². The molecule has 156 valence electrons. The molecule has 2 fully saturated rings. The molecular weight excluding hydrogens is 367 g/mol. The molecule has 0 bridgehead atoms. The predicted octanol–water partition coefficient (Wildman–Crippen LogP) is 3.28. The van der Waals surface area contributed by atoms with Crippen molar-refractivity contribution in [1.82, 2.24) is 15.6 Å². The van der Waals surface area contributed by atoms with Crippen molar-refractivity contribution in [2.75, 3.05) is 37.8 Å². The van der Waals surface area contributed by atoms with Crippen LogP contribution in [0.25, 0.3) is 10.9 Å². The van der Waals surface area contributed by atoms with Crippen molar-refractivity contribution >= 4 is 22.5 Å². The molecule has 2 aliphatic heterocycles. The van der Waals surface area contributed by atoms with Crippen LogP contribution in [0.5, 0.6) is 0 Å². The van der Waals surface area contributed by atoms with E-state index in [0.29, 0.717) is 0 Å². The molecule has 1 aromatic heterocycles. The molecule has 0 radical (unpaired) electrons. The fourth-order valence-electron chi connectivity index (χ4n) is 4.84. The van der Waals surface area contributed by atoms with Gasteiger partial charge in [0.05, 0.1) is 12.2 Å². The Kier molecular flexibility index (Phi) is 5.72. The zero-order valence-corrected chi connectivity index (χ0v) is 17.4. The topological polar surface area (TPSA) is 57.3 Å². The van der Waals surface area contributed by atoms with Crippen LogP contribution in [-0.4, -0.2) is 49.8 Å². The van der Waals surface area contributed by atoms with Gasteiger partial charge in [-0.05, 0) is 69.5 Å². The number of hydrogen-bond acceptors (Lipinski definition) is 4. The molecule has 0 aliphatic carbocycles. The molecule has 6 heteroatoms. The zero-order valence-electron chi connectivity index (χ0n) is 17.4. The third kappa shape index (κ3) is 4.08. The molecule has 5 nitrogen and oxygen atoms in total. The Morgan fingerprint density at radius 2 is 2.07 bits per heavy atom. The normalized spacial score (nSPS) is 21.5. The predicted molar refractivity (Wildman–Crippen MR) is 115 cm³/mol. The number of aryl methyl sites for hydroxylation is 2. The van der Waals surface area contributed by atoms with Gasteiger partial charge in [-0.1, -0.05) is 6.07 Å². The number of pyridine rings is 1. The monoisotopic (exact) mass is 398 g/mol. The molecule has 0 spiro atoms. The summed E-state index contributed by atoms with van der Waals surface area (Å²) >= 11 is 0. The van der Waals surface area contributed by atoms with Gasteiger partial charge in [-0.15, -0.1) is 0 Å². The molecule has 2 saturated heterocycles. The maximum atomic E-state index is 13.7. The van der Waals surface area contributed by atoms with Gasteiger partial charge in [0.1, 0.15) is 0 Å². The third-order valence-corrected chi connectivity index (χ3v) is 6.66. The number of carbonyl (C=O) groups is 1. The number of anilines is 1. The van der Waals surface area contributed by atoms with E-state index in [2.05, 4.69) is 52.6 Å². The zero-order chi connectivity index (χ0) is 20.4. The van der Waals surface area contributed by atoms with E-state index in [-0.39, 0.29) is 18.4 Å². The van der Waals surface area contributed by atoms with Crippen LogP contribution in [0.3, 0.4) is 0 Å². The minimum atomic E-state index is -0.483. The van der Waals surface area contributed by atoms with Gasteiger partial charge >= 0.3 is 0 Å². The van der Waals surface area contributed by atoms with Crippen LogP contribution < -0.4 is 15.5 Å². The number of alkyl halides is 1. The summed E-state index contributed by atoms with van der Waals surface area (Å²) in [7, 11) is 0. The van der Waals surface area contributed by atoms with E-state index in [1.165, 1.54) is 22.2 Å². The highest BCUT2D eigenvalue weighted by Crippen LogP contribution is 2.34. The fourth-order valence-corrected chi connectivity index (χ4v) is 4.84. The Hall–Kier alpha value is -2.21. The van der Waals surface area contributed by atoms with Gasteiger partial charge in [0.25, 0.3) is 0 Å². The molecular formula is C23H31FN4O. The smallest absolute Gasteiger partial charge is 0.220 e. The average molecular weight is 399 g/mol. The first kappa shape index (κ1) is 20.1. The van der Waals surface area contributed by atoms with E-state index in [9.17, 15) is 9.18 Å². The third-order valence-electron chi connectivity index (χ3n) is 6.66. The Labute approximate surface area is 172 Å². The maximum absolute atomic E-state index is 13.7. The molecule has 4 rings (SSSR count). The van der Waals surface area contributed by atoms with E-state index in [1.807, 2.05) is 6.20 Å². The van der Waals surface area contributed by atoms with E-state index in [1.54, 1.807) is 0 Å². The minimum absolute atomic E-state index is 0.0111. The van der Waals surface area contributed by atoms with E-state index in [4.69, 9.17) is 0 Å². The molecule has 2 aliphatic rings. The number of benzene rings is 1. The highest BCUT2D eigenvalue weighted by atomic mass is 19.1. The van der Waals surface area contributed by atoms with Crippen molar-refractivity contribution < 1.29 is 9.18 Å². The minimum Gasteiger partial charge on any atom is -0.369 e. The van der Waals surface area contributed by atoms with Crippen LogP contribution in [0, 0.1) is 19.3 Å². The number of halogens is 1. The Balaban J connectivity index is 1.44. The lowest BCUT2D eigenvalue weighted by atomic mass is 9.77. The lowest BCUT2D eigenvalue weighted by Crippen LogP contribution is -2.44. The van der Waals surface area contributed by atoms with Gasteiger partial charge in [0.2, 0.25) is 5.91 Å². The summed E-state index contributed by atoms with van der Waals surface area (Å²) in [6.07, 6.45) is 4.52. The number of piperidine rings is 1. The molecule has 29 heavy (non-hydrogen) atoms. The van der Waals surface area contributed by atoms with Crippen molar-refractivity contribution in [3.05, 3.63) is 35.5 Å². The van der Waals surface area contributed by atoms with Crippen molar-refractivity contribution in [2.45, 2.75) is 45.6 Å². The number of rotatable bonds is 5. The molecule has 1 atom stereocenters. The standard InChI is InChI=1S/C23H31FN4O/c1-16-5-9-26-22-17(2)3-4-19(21(16)22)28-12-6-18(14-28)27-20(29)13-23(15-24)7-10-25-11-8-23/h3-5,9,18,25H,6-8,10-15H2,1-2H3,(H,27,29). The number of fused-ring (bicyclic) bond motifs is 1. The highest BCUT2D eigenvalue weighted by molar-refractivity contribution is 5.96. The number of amides is 1. The van der Waals surface area contributed by atoms with Crippen LogP contribution in [-0.2, 0) is 4.79 Å². The van der Waals surface area contributed by atoms with Gasteiger partial charge in [0.15, 0.2) is 0 Å². The summed E-state index contributed by atoms with van der Waals surface area (Å²) in [5, 5.41) is 7.63. The van der Waals surface area contributed by atoms with Gasteiger partial charge < -0.3 is 15.5 Å². The summed E-state index contributed by atoms with van der Waals surface area (Å²) < 4.78 is 13.7. The molecule has 0 saturated carbocycles. The van der Waals surface area contributed by atoms with Crippen LogP contribution in [0.1, 0.15) is 36.8 Å². The highest BCUT2D eigenvalue weighted by Gasteiger charge is 2.35. The quantitative estimate of drug-likeness (QED) is 0.812. The van der Waals surface area contributed by atoms with Crippen molar-refractivity contribution in [2.24, 2.45) is 5.41 Å². The molecule has 3 heterocycles. The van der Waals surface area contributed by atoms with Gasteiger partial charge in [-0.2, -0.15) is 0 Å². The van der Waals surface area contributed by atoms with Crippen molar-refractivity contribution in [3.63, 3.8) is 0 Å². The molecule has 1 unspecified atom stereocenters. The fraction of sp³-hybridized carbons (Fsp3) is 0.565. The molecule has 2 aromatic rings. The summed E-state index contributed by atoms with van der Waals surface area (Å²) in [5.41, 5.74) is 4.15. The van der Waals surface area contributed by atoms with Gasteiger partial charge in [0, 0.05) is 48.2 Å². The first-order chi connectivity index (χ1) is 14.0. The van der Waals surface area contributed by atoms with Crippen LogP contribution in [0.2, 0.25) is 0 Å². The van der Waals surface area contributed by atoms with Crippen LogP contribution in [0.15, 0.2) is 24.4 Å². The maximum Gasteiger partial charge on any atom is 0.220 e. The average Bonchev–Trinajstić information content (AvgIpc) is 3.17. The number of carbonyl (C=O) groups excluding carboxylic acids is 1. The number of nitrogens with one attached hydrogen (secondary N) is 2. The summed E-state index contributed by atoms with van der Waals surface area (Å²) in [5.74, 6) is -0.0111. The first-order valence-electron chi connectivity index (χ1n) is 10.7. The SMILES string of the molecule is Cc1ccc(N2CCC(NC(=O)CC3(CF)CCNCC3)C2)c2c(C)ccnc12.